The molecule has 26 heavy (non-hydrogen) atoms. The molecular formula is C19H19NO5S. The molecule has 6 nitrogen and oxygen atoms in total. The lowest BCUT2D eigenvalue weighted by molar-refractivity contribution is 0.0813. The second kappa shape index (κ2) is 5.14. The molecule has 2 aromatic rings. The Labute approximate surface area is 151 Å². The first-order chi connectivity index (χ1) is 12.0. The average molecular weight is 373 g/mol. The summed E-state index contributed by atoms with van der Waals surface area (Å²) in [5.74, 6) is -1.22. The fraction of sp³-hybridized carbons (Fsp3) is 0.368. The number of nitrogens with two attached hydrogens (primary N) is 1. The van der Waals surface area contributed by atoms with E-state index in [9.17, 15) is 18.0 Å². The van der Waals surface area contributed by atoms with Crippen LogP contribution in [-0.4, -0.2) is 20.0 Å². The van der Waals surface area contributed by atoms with Crippen molar-refractivity contribution >= 4 is 21.6 Å². The van der Waals surface area contributed by atoms with Gasteiger partial charge in [0.1, 0.15) is 5.76 Å². The van der Waals surface area contributed by atoms with Gasteiger partial charge in [-0.1, -0.05) is 26.0 Å². The zero-order chi connectivity index (χ0) is 19.0. The van der Waals surface area contributed by atoms with Crippen molar-refractivity contribution in [3.63, 3.8) is 0 Å². The van der Waals surface area contributed by atoms with Gasteiger partial charge in [0.05, 0.1) is 5.56 Å². The van der Waals surface area contributed by atoms with Gasteiger partial charge < -0.3 is 4.42 Å². The summed E-state index contributed by atoms with van der Waals surface area (Å²) in [7, 11) is -4.14. The van der Waals surface area contributed by atoms with Crippen LogP contribution in [0.15, 0.2) is 21.6 Å². The Morgan fingerprint density at radius 2 is 1.77 bits per heavy atom. The first kappa shape index (κ1) is 17.2. The summed E-state index contributed by atoms with van der Waals surface area (Å²) in [5.41, 5.74) is 2.75. The monoisotopic (exact) mass is 373 g/mol. The molecule has 0 saturated heterocycles. The van der Waals surface area contributed by atoms with E-state index in [0.29, 0.717) is 17.5 Å². The zero-order valence-electron chi connectivity index (χ0n) is 14.8. The van der Waals surface area contributed by atoms with Crippen molar-refractivity contribution in [2.75, 3.05) is 0 Å². The first-order valence-electron chi connectivity index (χ1n) is 8.46. The number of furan rings is 1. The van der Waals surface area contributed by atoms with E-state index >= 15 is 0 Å². The molecule has 136 valence electrons. The molecule has 0 saturated carbocycles. The number of carbonyl (C=O) groups is 2. The summed E-state index contributed by atoms with van der Waals surface area (Å²) in [6.07, 6.45) is 2.63. The van der Waals surface area contributed by atoms with Crippen LogP contribution < -0.4 is 5.14 Å². The van der Waals surface area contributed by atoms with Crippen LogP contribution in [0.5, 0.6) is 0 Å². The van der Waals surface area contributed by atoms with E-state index in [0.717, 1.165) is 24.0 Å². The number of benzene rings is 1. The minimum absolute atomic E-state index is 0.00143. The Morgan fingerprint density at radius 1 is 1.12 bits per heavy atom. The maximum atomic E-state index is 12.9. The number of sulfonamides is 1. The van der Waals surface area contributed by atoms with Crippen molar-refractivity contribution in [3.8, 4) is 11.3 Å². The van der Waals surface area contributed by atoms with Crippen LogP contribution >= 0.6 is 0 Å². The molecular weight excluding hydrogens is 354 g/mol. The molecule has 7 heteroatoms. The molecule has 0 spiro atoms. The molecule has 0 amide bonds. The third-order valence-corrected chi connectivity index (χ3v) is 6.44. The molecule has 0 aliphatic heterocycles. The SMILES string of the molecule is Cc1c(S(N)(=O)=O)oc2c1C(=O)C(=O)c1c-2ccc2c1CCCC2(C)C. The van der Waals surface area contributed by atoms with Crippen molar-refractivity contribution < 1.29 is 22.4 Å². The number of hydrogen-bond donors (Lipinski definition) is 1. The highest BCUT2D eigenvalue weighted by Gasteiger charge is 2.41. The Hall–Kier alpha value is -2.25. The highest BCUT2D eigenvalue weighted by molar-refractivity contribution is 7.89. The summed E-state index contributed by atoms with van der Waals surface area (Å²) in [6.45, 7) is 5.67. The smallest absolute Gasteiger partial charge is 0.271 e. The van der Waals surface area contributed by atoms with E-state index in [1.165, 1.54) is 6.92 Å². The topological polar surface area (TPSA) is 107 Å². The third-order valence-electron chi connectivity index (χ3n) is 5.54. The van der Waals surface area contributed by atoms with E-state index in [-0.39, 0.29) is 22.3 Å². The van der Waals surface area contributed by atoms with E-state index in [1.54, 1.807) is 6.07 Å². The van der Waals surface area contributed by atoms with Crippen molar-refractivity contribution in [1.82, 2.24) is 0 Å². The van der Waals surface area contributed by atoms with Crippen LogP contribution in [0.1, 0.15) is 64.1 Å². The molecule has 2 aliphatic rings. The summed E-state index contributed by atoms with van der Waals surface area (Å²) in [6, 6.07) is 3.70. The molecule has 2 aliphatic carbocycles. The lowest BCUT2D eigenvalue weighted by Gasteiger charge is -2.34. The second-order valence-corrected chi connectivity index (χ2v) is 9.13. The molecule has 0 atom stereocenters. The number of rotatable bonds is 1. The molecule has 1 heterocycles. The molecule has 1 aromatic carbocycles. The van der Waals surface area contributed by atoms with Gasteiger partial charge in [-0.05, 0) is 42.7 Å². The fourth-order valence-corrected chi connectivity index (χ4v) is 5.01. The van der Waals surface area contributed by atoms with Crippen LogP contribution in [0.3, 0.4) is 0 Å². The van der Waals surface area contributed by atoms with E-state index < -0.39 is 26.7 Å². The van der Waals surface area contributed by atoms with Crippen molar-refractivity contribution in [2.24, 2.45) is 5.14 Å². The standard InChI is InChI=1S/C19H19NO5S/c1-9-13-15(21)16(22)14-10-5-4-8-19(2,3)12(10)7-6-11(14)17(13)25-18(9)26(20,23)24/h6-7H,4-5,8H2,1-3H3,(H2,20,23,24). The molecule has 1 aromatic heterocycles. The average Bonchev–Trinajstić information content (AvgIpc) is 2.89. The number of hydrogen-bond acceptors (Lipinski definition) is 5. The maximum absolute atomic E-state index is 12.9. The van der Waals surface area contributed by atoms with Crippen LogP contribution in [-0.2, 0) is 21.9 Å². The molecule has 4 rings (SSSR count). The normalized spacial score (nSPS) is 18.3. The number of primary sulfonamides is 1. The van der Waals surface area contributed by atoms with Gasteiger partial charge in [-0.3, -0.25) is 9.59 Å². The van der Waals surface area contributed by atoms with Crippen LogP contribution in [0.4, 0.5) is 0 Å². The number of Topliss-reactive ketones (excluding diaryl/α,β-unsaturated/α-hetero) is 2. The van der Waals surface area contributed by atoms with Gasteiger partial charge in [-0.15, -0.1) is 0 Å². The van der Waals surface area contributed by atoms with Gasteiger partial charge in [-0.2, -0.15) is 0 Å². The van der Waals surface area contributed by atoms with Crippen molar-refractivity contribution in [3.05, 3.63) is 39.9 Å². The zero-order valence-corrected chi connectivity index (χ0v) is 15.6. The Kier molecular flexibility index (Phi) is 3.40. The molecule has 0 radical (unpaired) electrons. The minimum atomic E-state index is -4.14. The molecule has 0 bridgehead atoms. The first-order valence-corrected chi connectivity index (χ1v) is 10.0. The van der Waals surface area contributed by atoms with E-state index in [4.69, 9.17) is 9.56 Å². The van der Waals surface area contributed by atoms with Gasteiger partial charge in [0, 0.05) is 16.7 Å². The fourth-order valence-electron chi connectivity index (χ4n) is 4.29. The van der Waals surface area contributed by atoms with E-state index in [1.807, 2.05) is 6.07 Å². The number of carbonyl (C=O) groups excluding carboxylic acids is 2. The van der Waals surface area contributed by atoms with Gasteiger partial charge in [0.2, 0.25) is 16.7 Å². The number of fused-ring (bicyclic) bond motifs is 5. The number of ketones is 2. The molecule has 0 unspecified atom stereocenters. The maximum Gasteiger partial charge on any atom is 0.271 e. The predicted octanol–water partition coefficient (Wildman–Crippen LogP) is 2.90. The predicted molar refractivity (Wildman–Crippen MR) is 94.9 cm³/mol. The second-order valence-electron chi connectivity index (χ2n) is 7.67. The summed E-state index contributed by atoms with van der Waals surface area (Å²) in [5, 5.41) is 4.73. The molecule has 2 N–H and O–H groups in total. The lowest BCUT2D eigenvalue weighted by atomic mass is 9.69. The van der Waals surface area contributed by atoms with Crippen molar-refractivity contribution in [2.45, 2.75) is 50.5 Å². The van der Waals surface area contributed by atoms with Gasteiger partial charge >= 0.3 is 0 Å². The quantitative estimate of drug-likeness (QED) is 0.773. The summed E-state index contributed by atoms with van der Waals surface area (Å²) >= 11 is 0. The Bertz CT molecular complexity index is 1110. The van der Waals surface area contributed by atoms with Gasteiger partial charge in [-0.25, -0.2) is 13.6 Å². The van der Waals surface area contributed by atoms with Gasteiger partial charge in [0.15, 0.2) is 0 Å². The van der Waals surface area contributed by atoms with Crippen LogP contribution in [0.2, 0.25) is 0 Å². The summed E-state index contributed by atoms with van der Waals surface area (Å²) in [4.78, 5) is 25.6. The minimum Gasteiger partial charge on any atom is -0.442 e. The van der Waals surface area contributed by atoms with Crippen molar-refractivity contribution in [1.29, 1.82) is 0 Å². The van der Waals surface area contributed by atoms with Crippen LogP contribution in [0.25, 0.3) is 11.3 Å². The Balaban J connectivity index is 2.08. The Morgan fingerprint density at radius 3 is 2.42 bits per heavy atom. The highest BCUT2D eigenvalue weighted by Crippen LogP contribution is 2.45. The third kappa shape index (κ3) is 2.17. The lowest BCUT2D eigenvalue weighted by Crippen LogP contribution is -2.29. The highest BCUT2D eigenvalue weighted by atomic mass is 32.2. The summed E-state index contributed by atoms with van der Waals surface area (Å²) < 4.78 is 29.1. The van der Waals surface area contributed by atoms with E-state index in [2.05, 4.69) is 13.8 Å². The van der Waals surface area contributed by atoms with Crippen LogP contribution in [0, 0.1) is 6.92 Å². The van der Waals surface area contributed by atoms with Gasteiger partial charge in [0.25, 0.3) is 10.0 Å². The largest absolute Gasteiger partial charge is 0.442 e. The molecule has 0 fully saturated rings.